The molecule has 0 radical (unpaired) electrons. The molecule has 16 heavy (non-hydrogen) atoms. The first-order chi connectivity index (χ1) is 7.85. The van der Waals surface area contributed by atoms with Crippen molar-refractivity contribution in [1.29, 1.82) is 0 Å². The van der Waals surface area contributed by atoms with E-state index in [2.05, 4.69) is 24.1 Å². The Morgan fingerprint density at radius 2 is 2.00 bits per heavy atom. The van der Waals surface area contributed by atoms with Crippen molar-refractivity contribution in [3.8, 4) is 11.8 Å². The van der Waals surface area contributed by atoms with E-state index in [0.29, 0.717) is 19.3 Å². The van der Waals surface area contributed by atoms with Crippen molar-refractivity contribution >= 4 is 0 Å². The summed E-state index contributed by atoms with van der Waals surface area (Å²) in [5, 5.41) is 3.45. The number of ether oxygens (including phenoxy) is 2. The first-order valence-electron chi connectivity index (χ1n) is 6.04. The van der Waals surface area contributed by atoms with Gasteiger partial charge in [-0.1, -0.05) is 6.92 Å². The Hall–Kier alpha value is -0.560. The molecule has 3 heteroatoms. The highest BCUT2D eigenvalue weighted by atomic mass is 16.5. The molecule has 1 N–H and O–H groups in total. The summed E-state index contributed by atoms with van der Waals surface area (Å²) in [7, 11) is 1.69. The predicted octanol–water partition coefficient (Wildman–Crippen LogP) is 1.82. The maximum Gasteiger partial charge on any atom is 0.0700 e. The van der Waals surface area contributed by atoms with E-state index in [1.54, 1.807) is 7.11 Å². The van der Waals surface area contributed by atoms with E-state index in [-0.39, 0.29) is 0 Å². The summed E-state index contributed by atoms with van der Waals surface area (Å²) in [6.45, 7) is 7.17. The quantitative estimate of drug-likeness (QED) is 0.456. The highest BCUT2D eigenvalue weighted by molar-refractivity contribution is 4.95. The van der Waals surface area contributed by atoms with Gasteiger partial charge in [0.05, 0.1) is 13.2 Å². The van der Waals surface area contributed by atoms with Gasteiger partial charge in [0.25, 0.3) is 0 Å². The molecule has 0 fully saturated rings. The molecule has 0 rings (SSSR count). The molecule has 0 aliphatic heterocycles. The van der Waals surface area contributed by atoms with Gasteiger partial charge in [0.15, 0.2) is 0 Å². The molecule has 0 saturated carbocycles. The summed E-state index contributed by atoms with van der Waals surface area (Å²) in [6, 6.07) is 0.522. The molecule has 0 aliphatic rings. The van der Waals surface area contributed by atoms with Crippen LogP contribution in [0.2, 0.25) is 0 Å². The lowest BCUT2D eigenvalue weighted by Gasteiger charge is -2.16. The number of nitrogens with one attached hydrogen (secondary N) is 1. The van der Waals surface area contributed by atoms with Crippen LogP contribution in [0, 0.1) is 11.8 Å². The Morgan fingerprint density at radius 3 is 2.62 bits per heavy atom. The first-order valence-corrected chi connectivity index (χ1v) is 6.04. The van der Waals surface area contributed by atoms with Gasteiger partial charge >= 0.3 is 0 Å². The van der Waals surface area contributed by atoms with Gasteiger partial charge in [-0.15, -0.1) is 11.8 Å². The van der Waals surface area contributed by atoms with E-state index in [1.165, 1.54) is 0 Å². The van der Waals surface area contributed by atoms with Crippen LogP contribution >= 0.6 is 0 Å². The van der Waals surface area contributed by atoms with Crippen LogP contribution in [0.3, 0.4) is 0 Å². The van der Waals surface area contributed by atoms with Crippen molar-refractivity contribution in [2.75, 3.05) is 33.5 Å². The van der Waals surface area contributed by atoms with Crippen molar-refractivity contribution in [3.05, 3.63) is 0 Å². The SMILES string of the molecule is CC#CCCC(CCOCCOC)NCC. The minimum absolute atomic E-state index is 0.522. The van der Waals surface area contributed by atoms with Gasteiger partial charge in [-0.05, 0) is 26.3 Å². The number of methoxy groups -OCH3 is 1. The van der Waals surface area contributed by atoms with Crippen LogP contribution in [0.15, 0.2) is 0 Å². The van der Waals surface area contributed by atoms with E-state index in [1.807, 2.05) is 6.92 Å². The maximum atomic E-state index is 5.46. The standard InChI is InChI=1S/C13H25NO2/c1-4-6-7-8-13(14-5-2)9-10-16-12-11-15-3/h13-14H,5,7-12H2,1-3H3. The molecule has 0 aromatic rings. The second-order valence-electron chi connectivity index (χ2n) is 3.61. The van der Waals surface area contributed by atoms with Crippen LogP contribution in [0.1, 0.15) is 33.1 Å². The number of rotatable bonds is 10. The van der Waals surface area contributed by atoms with Crippen LogP contribution in [-0.2, 0) is 9.47 Å². The van der Waals surface area contributed by atoms with Crippen LogP contribution < -0.4 is 5.32 Å². The highest BCUT2D eigenvalue weighted by Gasteiger charge is 2.05. The number of hydrogen-bond acceptors (Lipinski definition) is 3. The van der Waals surface area contributed by atoms with Gasteiger partial charge in [0, 0.05) is 26.2 Å². The molecule has 94 valence electrons. The van der Waals surface area contributed by atoms with E-state index in [4.69, 9.17) is 9.47 Å². The summed E-state index contributed by atoms with van der Waals surface area (Å²) in [5.74, 6) is 6.02. The Morgan fingerprint density at radius 1 is 1.19 bits per heavy atom. The molecule has 0 saturated heterocycles. The van der Waals surface area contributed by atoms with Gasteiger partial charge in [0.1, 0.15) is 0 Å². The molecule has 0 heterocycles. The first kappa shape index (κ1) is 15.4. The fourth-order valence-electron chi connectivity index (χ4n) is 1.48. The molecule has 0 aromatic carbocycles. The van der Waals surface area contributed by atoms with Crippen molar-refractivity contribution in [2.24, 2.45) is 0 Å². The van der Waals surface area contributed by atoms with Gasteiger partial charge in [0.2, 0.25) is 0 Å². The zero-order valence-corrected chi connectivity index (χ0v) is 10.8. The monoisotopic (exact) mass is 227 g/mol. The van der Waals surface area contributed by atoms with Gasteiger partial charge in [-0.2, -0.15) is 0 Å². The molecule has 0 aliphatic carbocycles. The Kier molecular flexibility index (Phi) is 12.1. The molecule has 0 amide bonds. The summed E-state index contributed by atoms with van der Waals surface area (Å²) < 4.78 is 10.4. The lowest BCUT2D eigenvalue weighted by atomic mass is 10.1. The summed E-state index contributed by atoms with van der Waals surface area (Å²) in [5.41, 5.74) is 0. The molecule has 3 nitrogen and oxygen atoms in total. The van der Waals surface area contributed by atoms with Gasteiger partial charge in [-0.25, -0.2) is 0 Å². The van der Waals surface area contributed by atoms with Crippen molar-refractivity contribution in [1.82, 2.24) is 5.32 Å². The minimum atomic E-state index is 0.522. The molecule has 0 bridgehead atoms. The van der Waals surface area contributed by atoms with Crippen molar-refractivity contribution in [3.63, 3.8) is 0 Å². The third-order valence-corrected chi connectivity index (χ3v) is 2.33. The van der Waals surface area contributed by atoms with Crippen molar-refractivity contribution < 1.29 is 9.47 Å². The lowest BCUT2D eigenvalue weighted by Crippen LogP contribution is -2.30. The number of hydrogen-bond donors (Lipinski definition) is 1. The summed E-state index contributed by atoms with van der Waals surface area (Å²) in [4.78, 5) is 0. The third-order valence-electron chi connectivity index (χ3n) is 2.33. The zero-order chi connectivity index (χ0) is 12.1. The Labute approximate surface area is 99.9 Å². The Balaban J connectivity index is 3.53. The van der Waals surface area contributed by atoms with Crippen LogP contribution in [-0.4, -0.2) is 39.5 Å². The van der Waals surface area contributed by atoms with Gasteiger partial charge in [-0.3, -0.25) is 0 Å². The van der Waals surface area contributed by atoms with E-state index < -0.39 is 0 Å². The van der Waals surface area contributed by atoms with Crippen molar-refractivity contribution in [2.45, 2.75) is 39.2 Å². The average Bonchev–Trinajstić information content (AvgIpc) is 2.29. The molecule has 0 spiro atoms. The van der Waals surface area contributed by atoms with Crippen LogP contribution in [0.4, 0.5) is 0 Å². The third kappa shape index (κ3) is 9.97. The topological polar surface area (TPSA) is 30.5 Å². The van der Waals surface area contributed by atoms with Crippen LogP contribution in [0.25, 0.3) is 0 Å². The predicted molar refractivity (Wildman–Crippen MR) is 67.5 cm³/mol. The smallest absolute Gasteiger partial charge is 0.0700 e. The molecule has 0 aromatic heterocycles. The summed E-state index contributed by atoms with van der Waals surface area (Å²) in [6.07, 6.45) is 3.11. The Bertz CT molecular complexity index is 196. The van der Waals surface area contributed by atoms with E-state index in [9.17, 15) is 0 Å². The maximum absolute atomic E-state index is 5.46. The largest absolute Gasteiger partial charge is 0.382 e. The molecular formula is C13H25NO2. The molecule has 1 unspecified atom stereocenters. The van der Waals surface area contributed by atoms with E-state index in [0.717, 1.165) is 32.4 Å². The molecule has 1 atom stereocenters. The van der Waals surface area contributed by atoms with Crippen LogP contribution in [0.5, 0.6) is 0 Å². The zero-order valence-electron chi connectivity index (χ0n) is 10.8. The second kappa shape index (κ2) is 12.5. The lowest BCUT2D eigenvalue weighted by molar-refractivity contribution is 0.0656. The fraction of sp³-hybridized carbons (Fsp3) is 0.846. The molecular weight excluding hydrogens is 202 g/mol. The van der Waals surface area contributed by atoms with Gasteiger partial charge < -0.3 is 14.8 Å². The van der Waals surface area contributed by atoms with E-state index >= 15 is 0 Å². The highest BCUT2D eigenvalue weighted by Crippen LogP contribution is 2.02. The minimum Gasteiger partial charge on any atom is -0.382 e. The summed E-state index contributed by atoms with van der Waals surface area (Å²) >= 11 is 0. The second-order valence-corrected chi connectivity index (χ2v) is 3.61. The average molecular weight is 227 g/mol. The fourth-order valence-corrected chi connectivity index (χ4v) is 1.48. The normalized spacial score (nSPS) is 11.9.